The number of allylic oxidation sites excluding steroid dienone is 2. The summed E-state index contributed by atoms with van der Waals surface area (Å²) >= 11 is 0. The second kappa shape index (κ2) is 6.12. The van der Waals surface area contributed by atoms with Crippen molar-refractivity contribution >= 4 is 5.78 Å². The fourth-order valence-corrected chi connectivity index (χ4v) is 2.73. The van der Waals surface area contributed by atoms with E-state index in [0.717, 1.165) is 31.3 Å². The van der Waals surface area contributed by atoms with E-state index < -0.39 is 0 Å². The Kier molecular flexibility index (Phi) is 4.48. The minimum Gasteiger partial charge on any atom is -0.507 e. The number of ether oxygens (including phenoxy) is 1. The summed E-state index contributed by atoms with van der Waals surface area (Å²) in [6, 6.07) is 3.43. The van der Waals surface area contributed by atoms with Crippen LogP contribution in [0.5, 0.6) is 11.5 Å². The second-order valence-electron chi connectivity index (χ2n) is 5.54. The number of benzene rings is 1. The molecule has 1 N–H and O–H groups in total. The molecule has 20 heavy (non-hydrogen) atoms. The van der Waals surface area contributed by atoms with Gasteiger partial charge in [0.2, 0.25) is 0 Å². The van der Waals surface area contributed by atoms with Gasteiger partial charge in [0.1, 0.15) is 11.5 Å². The van der Waals surface area contributed by atoms with Gasteiger partial charge in [-0.1, -0.05) is 19.9 Å². The highest BCUT2D eigenvalue weighted by Crippen LogP contribution is 2.38. The van der Waals surface area contributed by atoms with E-state index in [1.54, 1.807) is 19.2 Å². The monoisotopic (exact) mass is 274 g/mol. The molecule has 0 heterocycles. The molecule has 0 aliphatic heterocycles. The number of phenols is 1. The molecule has 0 aromatic heterocycles. The summed E-state index contributed by atoms with van der Waals surface area (Å²) < 4.78 is 5.28. The average Bonchev–Trinajstić information content (AvgIpc) is 2.46. The minimum atomic E-state index is -0.0493. The number of Topliss-reactive ketones (excluding diaryl/α,β-unsaturated/α-hetero) is 1. The van der Waals surface area contributed by atoms with Crippen LogP contribution in [0.25, 0.3) is 0 Å². The fourth-order valence-electron chi connectivity index (χ4n) is 2.73. The Morgan fingerprint density at radius 1 is 1.30 bits per heavy atom. The van der Waals surface area contributed by atoms with E-state index in [1.807, 2.05) is 19.9 Å². The molecule has 1 aromatic rings. The Labute approximate surface area is 120 Å². The average molecular weight is 274 g/mol. The number of rotatable bonds is 4. The molecule has 0 saturated carbocycles. The number of phenolic OH excluding ortho intramolecular Hbond substituents is 1. The van der Waals surface area contributed by atoms with Crippen LogP contribution in [-0.4, -0.2) is 18.0 Å². The maximum atomic E-state index is 12.5. The van der Waals surface area contributed by atoms with Crippen LogP contribution in [0, 0.1) is 0 Å². The Bertz CT molecular complexity index is 541. The highest BCUT2D eigenvalue weighted by Gasteiger charge is 2.22. The largest absolute Gasteiger partial charge is 0.507 e. The number of hydrogen-bond acceptors (Lipinski definition) is 3. The summed E-state index contributed by atoms with van der Waals surface area (Å²) in [6.45, 7) is 3.96. The lowest BCUT2D eigenvalue weighted by atomic mass is 9.90. The van der Waals surface area contributed by atoms with Gasteiger partial charge in [0.05, 0.1) is 12.7 Å². The first-order chi connectivity index (χ1) is 9.56. The molecule has 108 valence electrons. The van der Waals surface area contributed by atoms with Crippen molar-refractivity contribution in [3.05, 3.63) is 34.9 Å². The van der Waals surface area contributed by atoms with E-state index >= 15 is 0 Å². The van der Waals surface area contributed by atoms with Crippen molar-refractivity contribution in [3.63, 3.8) is 0 Å². The molecule has 0 radical (unpaired) electrons. The summed E-state index contributed by atoms with van der Waals surface area (Å²) in [4.78, 5) is 12.5. The summed E-state index contributed by atoms with van der Waals surface area (Å²) in [5.74, 6) is 0.743. The van der Waals surface area contributed by atoms with Crippen LogP contribution >= 0.6 is 0 Å². The Balaban J connectivity index is 2.45. The Morgan fingerprint density at radius 3 is 2.60 bits per heavy atom. The second-order valence-corrected chi connectivity index (χ2v) is 5.54. The van der Waals surface area contributed by atoms with Gasteiger partial charge < -0.3 is 9.84 Å². The first-order valence-corrected chi connectivity index (χ1v) is 7.19. The Morgan fingerprint density at radius 2 is 2.05 bits per heavy atom. The molecule has 0 amide bonds. The van der Waals surface area contributed by atoms with Gasteiger partial charge in [0, 0.05) is 5.56 Å². The summed E-state index contributed by atoms with van der Waals surface area (Å²) in [5, 5.41) is 10.4. The van der Waals surface area contributed by atoms with Crippen LogP contribution in [0.15, 0.2) is 23.8 Å². The zero-order valence-corrected chi connectivity index (χ0v) is 12.4. The van der Waals surface area contributed by atoms with E-state index in [0.29, 0.717) is 16.9 Å². The normalized spacial score (nSPS) is 15.1. The van der Waals surface area contributed by atoms with Crippen molar-refractivity contribution in [1.82, 2.24) is 0 Å². The summed E-state index contributed by atoms with van der Waals surface area (Å²) in [5.41, 5.74) is 1.92. The van der Waals surface area contributed by atoms with Crippen LogP contribution in [0.1, 0.15) is 61.4 Å². The van der Waals surface area contributed by atoms with Gasteiger partial charge in [0.15, 0.2) is 5.78 Å². The summed E-state index contributed by atoms with van der Waals surface area (Å²) in [7, 11) is 1.58. The smallest absolute Gasteiger partial charge is 0.192 e. The number of aromatic hydroxyl groups is 1. The minimum absolute atomic E-state index is 0.0493. The Hall–Kier alpha value is -1.77. The van der Waals surface area contributed by atoms with E-state index in [9.17, 15) is 9.90 Å². The van der Waals surface area contributed by atoms with Crippen LogP contribution in [0.2, 0.25) is 0 Å². The molecule has 1 aliphatic carbocycles. The first-order valence-electron chi connectivity index (χ1n) is 7.19. The number of methoxy groups -OCH3 is 1. The lowest BCUT2D eigenvalue weighted by Gasteiger charge is -2.17. The molecule has 0 unspecified atom stereocenters. The molecular weight excluding hydrogens is 252 g/mol. The molecular formula is C17H22O3. The third-order valence-corrected chi connectivity index (χ3v) is 3.80. The van der Waals surface area contributed by atoms with Crippen LogP contribution in [0.3, 0.4) is 0 Å². The van der Waals surface area contributed by atoms with E-state index in [2.05, 4.69) is 0 Å². The van der Waals surface area contributed by atoms with Crippen molar-refractivity contribution in [2.75, 3.05) is 7.11 Å². The fraction of sp³-hybridized carbons (Fsp3) is 0.471. The zero-order valence-electron chi connectivity index (χ0n) is 12.4. The van der Waals surface area contributed by atoms with Gasteiger partial charge in [-0.05, 0) is 49.3 Å². The molecule has 0 spiro atoms. The van der Waals surface area contributed by atoms with Gasteiger partial charge in [-0.15, -0.1) is 0 Å². The zero-order chi connectivity index (χ0) is 14.7. The molecule has 1 aliphatic rings. The van der Waals surface area contributed by atoms with Gasteiger partial charge in [-0.3, -0.25) is 4.79 Å². The van der Waals surface area contributed by atoms with E-state index in [-0.39, 0.29) is 17.5 Å². The lowest BCUT2D eigenvalue weighted by molar-refractivity contribution is 0.102. The molecule has 2 rings (SSSR count). The van der Waals surface area contributed by atoms with Crippen molar-refractivity contribution in [2.24, 2.45) is 0 Å². The SMILES string of the molecule is COc1ccc(C(=O)C2=CCCCC2)c(O)c1C(C)C. The number of hydrogen-bond donors (Lipinski definition) is 1. The third kappa shape index (κ3) is 2.72. The maximum Gasteiger partial charge on any atom is 0.192 e. The first kappa shape index (κ1) is 14.6. The third-order valence-electron chi connectivity index (χ3n) is 3.80. The van der Waals surface area contributed by atoms with Crippen LogP contribution < -0.4 is 4.74 Å². The van der Waals surface area contributed by atoms with E-state index in [4.69, 9.17) is 4.74 Å². The maximum absolute atomic E-state index is 12.5. The lowest BCUT2D eigenvalue weighted by Crippen LogP contribution is -2.08. The predicted molar refractivity (Wildman–Crippen MR) is 79.6 cm³/mol. The summed E-state index contributed by atoms with van der Waals surface area (Å²) in [6.07, 6.45) is 5.95. The molecule has 3 heteroatoms. The molecule has 3 nitrogen and oxygen atoms in total. The highest BCUT2D eigenvalue weighted by atomic mass is 16.5. The topological polar surface area (TPSA) is 46.5 Å². The quantitative estimate of drug-likeness (QED) is 0.837. The van der Waals surface area contributed by atoms with Crippen molar-refractivity contribution in [1.29, 1.82) is 0 Å². The molecule has 0 atom stereocenters. The van der Waals surface area contributed by atoms with Gasteiger partial charge >= 0.3 is 0 Å². The van der Waals surface area contributed by atoms with E-state index in [1.165, 1.54) is 0 Å². The van der Waals surface area contributed by atoms with Gasteiger partial charge in [0.25, 0.3) is 0 Å². The molecule has 0 saturated heterocycles. The van der Waals surface area contributed by atoms with Gasteiger partial charge in [-0.2, -0.15) is 0 Å². The molecule has 0 fully saturated rings. The van der Waals surface area contributed by atoms with Crippen molar-refractivity contribution in [2.45, 2.75) is 45.4 Å². The predicted octanol–water partition coefficient (Wildman–Crippen LogP) is 4.21. The van der Waals surface area contributed by atoms with Crippen molar-refractivity contribution < 1.29 is 14.6 Å². The van der Waals surface area contributed by atoms with Crippen LogP contribution in [0.4, 0.5) is 0 Å². The number of ketones is 1. The number of carbonyl (C=O) groups excluding carboxylic acids is 1. The standard InChI is InChI=1S/C17H22O3/c1-11(2)15-14(20-3)10-9-13(17(15)19)16(18)12-7-5-4-6-8-12/h7,9-11,19H,4-6,8H2,1-3H3. The highest BCUT2D eigenvalue weighted by molar-refractivity contribution is 6.10. The number of carbonyl (C=O) groups is 1. The van der Waals surface area contributed by atoms with Crippen LogP contribution in [-0.2, 0) is 0 Å². The molecule has 1 aromatic carbocycles. The molecule has 0 bridgehead atoms. The van der Waals surface area contributed by atoms with Gasteiger partial charge in [-0.25, -0.2) is 0 Å². The van der Waals surface area contributed by atoms with Crippen molar-refractivity contribution in [3.8, 4) is 11.5 Å².